The quantitative estimate of drug-likeness (QED) is 0.532. The summed E-state index contributed by atoms with van der Waals surface area (Å²) in [5, 5.41) is 10.9. The van der Waals surface area contributed by atoms with E-state index >= 15 is 0 Å². The van der Waals surface area contributed by atoms with Crippen LogP contribution in [0.2, 0.25) is 0 Å². The van der Waals surface area contributed by atoms with Crippen LogP contribution in [0.1, 0.15) is 15.9 Å². The van der Waals surface area contributed by atoms with Crippen LogP contribution in [0.25, 0.3) is 11.3 Å². The van der Waals surface area contributed by atoms with E-state index in [0.29, 0.717) is 37.5 Å². The van der Waals surface area contributed by atoms with E-state index in [1.807, 2.05) is 59.4 Å². The van der Waals surface area contributed by atoms with Crippen LogP contribution >= 0.6 is 0 Å². The van der Waals surface area contributed by atoms with Gasteiger partial charge in [-0.2, -0.15) is 5.10 Å². The predicted molar refractivity (Wildman–Crippen MR) is 110 cm³/mol. The summed E-state index contributed by atoms with van der Waals surface area (Å²) < 4.78 is 6.82. The first kappa shape index (κ1) is 19.8. The number of methoxy groups -OCH3 is 1. The minimum atomic E-state index is -0.119. The van der Waals surface area contributed by atoms with Crippen molar-refractivity contribution in [2.75, 3.05) is 33.4 Å². The van der Waals surface area contributed by atoms with Crippen LogP contribution < -0.4 is 10.6 Å². The Hall–Kier alpha value is -2.96. The van der Waals surface area contributed by atoms with Gasteiger partial charge in [-0.05, 0) is 5.56 Å². The molecule has 0 spiro atoms. The van der Waals surface area contributed by atoms with Gasteiger partial charge in [0, 0.05) is 38.5 Å². The highest BCUT2D eigenvalue weighted by atomic mass is 16.5. The molecule has 6 heteroatoms. The molecule has 2 N–H and O–H groups in total. The number of carbonyl (C=O) groups is 1. The number of nitrogens with one attached hydrogen (secondary N) is 2. The Kier molecular flexibility index (Phi) is 7.35. The van der Waals surface area contributed by atoms with Crippen molar-refractivity contribution >= 4 is 5.91 Å². The monoisotopic (exact) mass is 378 g/mol. The molecule has 0 aliphatic rings. The van der Waals surface area contributed by atoms with Crippen LogP contribution in [0.15, 0.2) is 66.9 Å². The standard InChI is InChI=1S/C22H26N4O2/c1-28-15-14-23-12-13-24-22(27)20-17-26(16-18-8-4-2-5-9-18)25-21(20)19-10-6-3-7-11-19/h2-11,17,23H,12-16H2,1H3,(H,24,27). The average Bonchev–Trinajstić information content (AvgIpc) is 3.16. The van der Waals surface area contributed by atoms with Gasteiger partial charge < -0.3 is 15.4 Å². The molecule has 1 amide bonds. The average molecular weight is 378 g/mol. The van der Waals surface area contributed by atoms with Crippen molar-refractivity contribution in [3.05, 3.63) is 78.0 Å². The van der Waals surface area contributed by atoms with E-state index < -0.39 is 0 Å². The lowest BCUT2D eigenvalue weighted by Gasteiger charge is -2.06. The smallest absolute Gasteiger partial charge is 0.255 e. The molecule has 0 radical (unpaired) electrons. The number of ether oxygens (including phenoxy) is 1. The maximum Gasteiger partial charge on any atom is 0.255 e. The lowest BCUT2D eigenvalue weighted by molar-refractivity contribution is 0.0954. The van der Waals surface area contributed by atoms with Crippen molar-refractivity contribution in [1.29, 1.82) is 0 Å². The summed E-state index contributed by atoms with van der Waals surface area (Å²) in [5.41, 5.74) is 3.34. The third-order valence-corrected chi connectivity index (χ3v) is 4.31. The van der Waals surface area contributed by atoms with Crippen molar-refractivity contribution in [2.45, 2.75) is 6.54 Å². The van der Waals surface area contributed by atoms with Crippen LogP contribution in [-0.4, -0.2) is 49.0 Å². The summed E-state index contributed by atoms with van der Waals surface area (Å²) in [5.74, 6) is -0.119. The number of aromatic nitrogens is 2. The highest BCUT2D eigenvalue weighted by molar-refractivity contribution is 5.99. The summed E-state index contributed by atoms with van der Waals surface area (Å²) in [6.45, 7) is 3.26. The lowest BCUT2D eigenvalue weighted by Crippen LogP contribution is -2.33. The minimum Gasteiger partial charge on any atom is -0.383 e. The van der Waals surface area contributed by atoms with E-state index in [4.69, 9.17) is 4.74 Å². The third-order valence-electron chi connectivity index (χ3n) is 4.31. The highest BCUT2D eigenvalue weighted by Crippen LogP contribution is 2.22. The summed E-state index contributed by atoms with van der Waals surface area (Å²) in [4.78, 5) is 12.8. The number of nitrogens with zero attached hydrogens (tertiary/aromatic N) is 2. The Labute approximate surface area is 165 Å². The van der Waals surface area contributed by atoms with Crippen molar-refractivity contribution in [1.82, 2.24) is 20.4 Å². The molecule has 1 aromatic heterocycles. The highest BCUT2D eigenvalue weighted by Gasteiger charge is 2.17. The van der Waals surface area contributed by atoms with E-state index in [0.717, 1.165) is 17.7 Å². The zero-order valence-corrected chi connectivity index (χ0v) is 16.1. The first-order chi connectivity index (χ1) is 13.8. The molecule has 0 fully saturated rings. The number of rotatable bonds is 10. The van der Waals surface area contributed by atoms with Crippen molar-refractivity contribution in [2.24, 2.45) is 0 Å². The zero-order valence-electron chi connectivity index (χ0n) is 16.1. The molecule has 28 heavy (non-hydrogen) atoms. The SMILES string of the molecule is COCCNCCNC(=O)c1cn(Cc2ccccc2)nc1-c1ccccc1. The normalized spacial score (nSPS) is 10.8. The molecule has 0 unspecified atom stereocenters. The second-order valence-electron chi connectivity index (χ2n) is 6.44. The van der Waals surface area contributed by atoms with Crippen molar-refractivity contribution in [3.8, 4) is 11.3 Å². The molecule has 2 aromatic carbocycles. The van der Waals surface area contributed by atoms with Gasteiger partial charge >= 0.3 is 0 Å². The van der Waals surface area contributed by atoms with E-state index in [1.54, 1.807) is 7.11 Å². The maximum atomic E-state index is 12.8. The first-order valence-electron chi connectivity index (χ1n) is 9.42. The zero-order chi connectivity index (χ0) is 19.6. The molecule has 0 aliphatic heterocycles. The van der Waals surface area contributed by atoms with Crippen molar-refractivity contribution in [3.63, 3.8) is 0 Å². The molecule has 0 saturated heterocycles. The van der Waals surface area contributed by atoms with Crippen LogP contribution in [0.3, 0.4) is 0 Å². The predicted octanol–water partition coefficient (Wildman–Crippen LogP) is 2.56. The van der Waals surface area contributed by atoms with Gasteiger partial charge in [-0.3, -0.25) is 9.48 Å². The number of amides is 1. The Morgan fingerprint density at radius 3 is 2.43 bits per heavy atom. The molecule has 0 bridgehead atoms. The van der Waals surface area contributed by atoms with Gasteiger partial charge in [-0.15, -0.1) is 0 Å². The Balaban J connectivity index is 1.73. The molecule has 146 valence electrons. The molecule has 3 rings (SSSR count). The summed E-state index contributed by atoms with van der Waals surface area (Å²) >= 11 is 0. The topological polar surface area (TPSA) is 68.2 Å². The van der Waals surface area contributed by atoms with Gasteiger partial charge in [-0.1, -0.05) is 60.7 Å². The maximum absolute atomic E-state index is 12.8. The van der Waals surface area contributed by atoms with Gasteiger partial charge in [0.2, 0.25) is 0 Å². The molecule has 0 aliphatic carbocycles. The van der Waals surface area contributed by atoms with Crippen molar-refractivity contribution < 1.29 is 9.53 Å². The fourth-order valence-electron chi connectivity index (χ4n) is 2.91. The Morgan fingerprint density at radius 2 is 1.71 bits per heavy atom. The van der Waals surface area contributed by atoms with E-state index in [9.17, 15) is 4.79 Å². The molecule has 6 nitrogen and oxygen atoms in total. The van der Waals surface area contributed by atoms with Gasteiger partial charge in [0.15, 0.2) is 0 Å². The number of hydrogen-bond donors (Lipinski definition) is 2. The van der Waals surface area contributed by atoms with E-state index in [-0.39, 0.29) is 5.91 Å². The molecular formula is C22H26N4O2. The second-order valence-corrected chi connectivity index (χ2v) is 6.44. The summed E-state index contributed by atoms with van der Waals surface area (Å²) in [7, 11) is 1.67. The number of hydrogen-bond acceptors (Lipinski definition) is 4. The van der Waals surface area contributed by atoms with E-state index in [1.165, 1.54) is 0 Å². The molecule has 1 heterocycles. The largest absolute Gasteiger partial charge is 0.383 e. The fourth-order valence-corrected chi connectivity index (χ4v) is 2.91. The third kappa shape index (κ3) is 5.52. The second kappa shape index (κ2) is 10.4. The van der Waals surface area contributed by atoms with Crippen LogP contribution in [0, 0.1) is 0 Å². The first-order valence-corrected chi connectivity index (χ1v) is 9.42. The number of benzene rings is 2. The van der Waals surface area contributed by atoms with Crippen LogP contribution in [-0.2, 0) is 11.3 Å². The Bertz CT molecular complexity index is 863. The molecular weight excluding hydrogens is 352 g/mol. The summed E-state index contributed by atoms with van der Waals surface area (Å²) in [6, 6.07) is 19.9. The summed E-state index contributed by atoms with van der Waals surface area (Å²) in [6.07, 6.45) is 1.82. The van der Waals surface area contributed by atoms with Crippen LogP contribution in [0.5, 0.6) is 0 Å². The molecule has 0 saturated carbocycles. The molecule has 3 aromatic rings. The van der Waals surface area contributed by atoms with Gasteiger partial charge in [-0.25, -0.2) is 0 Å². The van der Waals surface area contributed by atoms with Gasteiger partial charge in [0.25, 0.3) is 5.91 Å². The van der Waals surface area contributed by atoms with E-state index in [2.05, 4.69) is 27.9 Å². The molecule has 0 atom stereocenters. The van der Waals surface area contributed by atoms with Gasteiger partial charge in [0.1, 0.15) is 5.69 Å². The lowest BCUT2D eigenvalue weighted by atomic mass is 10.1. The van der Waals surface area contributed by atoms with Gasteiger partial charge in [0.05, 0.1) is 18.7 Å². The van der Waals surface area contributed by atoms with Crippen LogP contribution in [0.4, 0.5) is 0 Å². The fraction of sp³-hybridized carbons (Fsp3) is 0.273. The number of carbonyl (C=O) groups excluding carboxylic acids is 1. The minimum absolute atomic E-state index is 0.119. The Morgan fingerprint density at radius 1 is 1.00 bits per heavy atom.